The van der Waals surface area contributed by atoms with E-state index in [0.717, 1.165) is 12.8 Å². The minimum Gasteiger partial charge on any atom is -0.760 e. The van der Waals surface area contributed by atoms with Crippen LogP contribution in [0.4, 0.5) is 0 Å². The van der Waals surface area contributed by atoms with Gasteiger partial charge >= 0.3 is 0 Å². The molecule has 0 heterocycles. The molecule has 0 aromatic carbocycles. The summed E-state index contributed by atoms with van der Waals surface area (Å²) >= 11 is -2.12. The van der Waals surface area contributed by atoms with Crippen molar-refractivity contribution in [2.24, 2.45) is 11.8 Å². The second kappa shape index (κ2) is 7.41. The quantitative estimate of drug-likeness (QED) is 0.650. The van der Waals surface area contributed by atoms with Crippen LogP contribution < -0.4 is 0 Å². The molecule has 0 aliphatic rings. The molecule has 5 atom stereocenters. The average Bonchev–Trinajstić information content (AvgIpc) is 2.26. The molecule has 0 fully saturated rings. The van der Waals surface area contributed by atoms with E-state index in [1.165, 1.54) is 0 Å². The Morgan fingerprint density at radius 2 is 1.31 bits per heavy atom. The van der Waals surface area contributed by atoms with E-state index >= 15 is 0 Å². The lowest BCUT2D eigenvalue weighted by Gasteiger charge is -2.40. The molecule has 0 rings (SSSR count). The number of rotatable bonds is 7. The first kappa shape index (κ1) is 16.1. The molecule has 0 radical (unpaired) electrons. The van der Waals surface area contributed by atoms with E-state index in [2.05, 4.69) is 27.7 Å². The van der Waals surface area contributed by atoms with Crippen LogP contribution in [-0.4, -0.2) is 25.2 Å². The Kier molecular flexibility index (Phi) is 7.44. The predicted octanol–water partition coefficient (Wildman–Crippen LogP) is 2.95. The molecule has 0 aliphatic carbocycles. The molecule has 0 aromatic heterocycles. The van der Waals surface area contributed by atoms with Crippen LogP contribution in [-0.2, 0) is 11.3 Å². The number of hydrogen-bond acceptors (Lipinski definition) is 2. The van der Waals surface area contributed by atoms with Crippen molar-refractivity contribution in [3.05, 3.63) is 0 Å². The fourth-order valence-corrected chi connectivity index (χ4v) is 2.78. The van der Waals surface area contributed by atoms with Crippen LogP contribution in [0.1, 0.15) is 54.4 Å². The van der Waals surface area contributed by atoms with E-state index in [4.69, 9.17) is 0 Å². The van der Waals surface area contributed by atoms with Crippen LogP contribution in [0.15, 0.2) is 0 Å². The van der Waals surface area contributed by atoms with Crippen molar-refractivity contribution in [3.63, 3.8) is 0 Å². The maximum absolute atomic E-state index is 11.3. The minimum atomic E-state index is -2.12. The third-order valence-corrected chi connectivity index (χ3v) is 4.92. The number of nitrogens with zero attached hydrogens (tertiary/aromatic N) is 1. The Hall–Kier alpha value is 0.0700. The normalized spacial score (nSPS) is 21.5. The Balaban J connectivity index is 4.79. The molecular formula is C12H26NO2S-. The van der Waals surface area contributed by atoms with Gasteiger partial charge in [0.25, 0.3) is 0 Å². The van der Waals surface area contributed by atoms with Gasteiger partial charge in [0.15, 0.2) is 0 Å². The third kappa shape index (κ3) is 4.15. The first-order valence-electron chi connectivity index (χ1n) is 6.24. The van der Waals surface area contributed by atoms with E-state index in [-0.39, 0.29) is 12.1 Å². The van der Waals surface area contributed by atoms with Gasteiger partial charge in [0.2, 0.25) is 0 Å². The van der Waals surface area contributed by atoms with Crippen molar-refractivity contribution in [2.45, 2.75) is 66.5 Å². The molecule has 0 spiro atoms. The lowest BCUT2D eigenvalue weighted by Crippen LogP contribution is -2.46. The first-order chi connectivity index (χ1) is 7.36. The van der Waals surface area contributed by atoms with E-state index in [1.54, 1.807) is 4.31 Å². The monoisotopic (exact) mass is 248 g/mol. The van der Waals surface area contributed by atoms with E-state index in [9.17, 15) is 8.76 Å². The van der Waals surface area contributed by atoms with Gasteiger partial charge in [-0.15, -0.1) is 0 Å². The summed E-state index contributed by atoms with van der Waals surface area (Å²) in [5.41, 5.74) is 0. The first-order valence-corrected chi connectivity index (χ1v) is 7.27. The summed E-state index contributed by atoms with van der Waals surface area (Å²) in [4.78, 5) is 0. The van der Waals surface area contributed by atoms with Crippen molar-refractivity contribution in [1.29, 1.82) is 0 Å². The van der Waals surface area contributed by atoms with Gasteiger partial charge in [-0.1, -0.05) is 40.5 Å². The van der Waals surface area contributed by atoms with Crippen LogP contribution in [0.2, 0.25) is 0 Å². The largest absolute Gasteiger partial charge is 0.760 e. The van der Waals surface area contributed by atoms with Gasteiger partial charge in [0, 0.05) is 23.4 Å². The zero-order valence-electron chi connectivity index (χ0n) is 11.4. The van der Waals surface area contributed by atoms with Gasteiger partial charge in [-0.3, -0.25) is 4.21 Å². The predicted molar refractivity (Wildman–Crippen MR) is 68.6 cm³/mol. The van der Waals surface area contributed by atoms with Crippen molar-refractivity contribution >= 4 is 11.3 Å². The fraction of sp³-hybridized carbons (Fsp3) is 1.00. The highest BCUT2D eigenvalue weighted by Gasteiger charge is 2.27. The summed E-state index contributed by atoms with van der Waals surface area (Å²) < 4.78 is 24.3. The lowest BCUT2D eigenvalue weighted by molar-refractivity contribution is 0.170. The Morgan fingerprint density at radius 1 is 1.00 bits per heavy atom. The van der Waals surface area contributed by atoms with Gasteiger partial charge in [0.05, 0.1) is 0 Å². The maximum atomic E-state index is 11.3. The number of hydrogen-bond donors (Lipinski definition) is 0. The Bertz CT molecular complexity index is 207. The zero-order valence-corrected chi connectivity index (χ0v) is 12.2. The molecule has 4 heteroatoms. The molecule has 0 bridgehead atoms. The van der Waals surface area contributed by atoms with Crippen LogP contribution >= 0.6 is 0 Å². The van der Waals surface area contributed by atoms with Crippen molar-refractivity contribution in [2.75, 3.05) is 0 Å². The molecule has 0 amide bonds. The van der Waals surface area contributed by atoms with Crippen LogP contribution in [0, 0.1) is 11.8 Å². The summed E-state index contributed by atoms with van der Waals surface area (Å²) in [7, 11) is 0. The van der Waals surface area contributed by atoms with Gasteiger partial charge in [-0.2, -0.15) is 0 Å². The topological polar surface area (TPSA) is 43.4 Å². The molecule has 16 heavy (non-hydrogen) atoms. The van der Waals surface area contributed by atoms with E-state index in [0.29, 0.717) is 11.8 Å². The lowest BCUT2D eigenvalue weighted by atomic mass is 9.96. The Labute approximate surface area is 103 Å². The fourth-order valence-electron chi connectivity index (χ4n) is 1.83. The summed E-state index contributed by atoms with van der Waals surface area (Å²) in [5.74, 6) is 0.786. The highest BCUT2D eigenvalue weighted by Crippen LogP contribution is 2.23. The SMILES string of the molecule is CCC(C)C(C)N(C(C)C(C)CC)S(=O)[O-]. The average molecular weight is 248 g/mol. The smallest absolute Gasteiger partial charge is 0.0215 e. The van der Waals surface area contributed by atoms with E-state index < -0.39 is 11.3 Å². The van der Waals surface area contributed by atoms with Gasteiger partial charge in [-0.25, -0.2) is 4.31 Å². The molecule has 0 N–H and O–H groups in total. The van der Waals surface area contributed by atoms with Crippen molar-refractivity contribution < 1.29 is 8.76 Å². The molecule has 3 nitrogen and oxygen atoms in total. The second-order valence-electron chi connectivity index (χ2n) is 4.83. The second-order valence-corrected chi connectivity index (χ2v) is 5.69. The molecular weight excluding hydrogens is 222 g/mol. The highest BCUT2D eigenvalue weighted by molar-refractivity contribution is 7.76. The molecule has 0 saturated carbocycles. The molecule has 0 aliphatic heterocycles. The summed E-state index contributed by atoms with van der Waals surface area (Å²) in [6.07, 6.45) is 2.00. The Morgan fingerprint density at radius 3 is 1.50 bits per heavy atom. The maximum Gasteiger partial charge on any atom is 0.0215 e. The zero-order chi connectivity index (χ0) is 12.9. The molecule has 5 unspecified atom stereocenters. The molecule has 98 valence electrons. The highest BCUT2D eigenvalue weighted by atomic mass is 32.2. The van der Waals surface area contributed by atoms with Crippen LogP contribution in [0.3, 0.4) is 0 Å². The van der Waals surface area contributed by atoms with Gasteiger partial charge in [0.1, 0.15) is 0 Å². The van der Waals surface area contributed by atoms with Crippen molar-refractivity contribution in [3.8, 4) is 0 Å². The van der Waals surface area contributed by atoms with Gasteiger partial charge in [-0.05, 0) is 25.7 Å². The summed E-state index contributed by atoms with van der Waals surface area (Å²) in [6.45, 7) is 12.4. The standard InChI is InChI=1S/C12H27NO2S/c1-7-9(3)11(5)13(16(14)15)12(6)10(4)8-2/h9-12H,7-8H2,1-6H3,(H,14,15)/p-1. The molecule has 0 aromatic rings. The van der Waals surface area contributed by atoms with Crippen molar-refractivity contribution in [1.82, 2.24) is 4.31 Å². The summed E-state index contributed by atoms with van der Waals surface area (Å²) in [6, 6.07) is 0.152. The van der Waals surface area contributed by atoms with Crippen LogP contribution in [0.5, 0.6) is 0 Å². The van der Waals surface area contributed by atoms with E-state index in [1.807, 2.05) is 13.8 Å². The summed E-state index contributed by atoms with van der Waals surface area (Å²) in [5, 5.41) is 0. The minimum absolute atomic E-state index is 0.0762. The molecule has 0 saturated heterocycles. The third-order valence-electron chi connectivity index (χ3n) is 3.91. The van der Waals surface area contributed by atoms with Crippen LogP contribution in [0.25, 0.3) is 0 Å². The van der Waals surface area contributed by atoms with Gasteiger partial charge < -0.3 is 4.55 Å².